The number of nitrogens with one attached hydrogen (secondary N) is 1. The molecule has 0 aliphatic rings. The van der Waals surface area contributed by atoms with Gasteiger partial charge in [-0.1, -0.05) is 65.7 Å². The summed E-state index contributed by atoms with van der Waals surface area (Å²) in [6.07, 6.45) is 1.17. The van der Waals surface area contributed by atoms with Crippen molar-refractivity contribution in [2.24, 2.45) is 5.92 Å². The third kappa shape index (κ3) is 5.35. The zero-order valence-electron chi connectivity index (χ0n) is 14.9. The summed E-state index contributed by atoms with van der Waals surface area (Å²) in [5.74, 6) is 1.65. The highest BCUT2D eigenvalue weighted by atomic mass is 16.5. The molecule has 21 heavy (non-hydrogen) atoms. The van der Waals surface area contributed by atoms with Crippen LogP contribution in [0.1, 0.15) is 59.1 Å². The second kappa shape index (κ2) is 7.84. The molecule has 1 aromatic rings. The Bertz CT molecular complexity index is 434. The Morgan fingerprint density at radius 2 is 1.86 bits per heavy atom. The molecule has 0 radical (unpaired) electrons. The predicted octanol–water partition coefficient (Wildman–Crippen LogP) is 4.70. The summed E-state index contributed by atoms with van der Waals surface area (Å²) >= 11 is 0. The molecule has 120 valence electrons. The second-order valence-electron chi connectivity index (χ2n) is 7.11. The maximum Gasteiger partial charge on any atom is 0.123 e. The smallest absolute Gasteiger partial charge is 0.123 e. The number of hydrogen-bond acceptors (Lipinski definition) is 2. The number of ether oxygens (including phenoxy) is 1. The van der Waals surface area contributed by atoms with Gasteiger partial charge in [0.2, 0.25) is 0 Å². The van der Waals surface area contributed by atoms with Crippen LogP contribution in [0, 0.1) is 12.8 Å². The minimum Gasteiger partial charge on any atom is -0.492 e. The molecule has 0 aliphatic carbocycles. The standard InChI is InChI=1S/C19H33NO/c1-8-15(4)17(20-9-2)13-21-18-11-10-14(3)12-16(18)19(5,6)7/h10-12,15,17,20H,8-9,13H2,1-7H3. The van der Waals surface area contributed by atoms with Crippen molar-refractivity contribution in [3.63, 3.8) is 0 Å². The monoisotopic (exact) mass is 291 g/mol. The van der Waals surface area contributed by atoms with E-state index in [4.69, 9.17) is 4.74 Å². The van der Waals surface area contributed by atoms with Gasteiger partial charge in [-0.15, -0.1) is 0 Å². The highest BCUT2D eigenvalue weighted by molar-refractivity contribution is 5.41. The Balaban J connectivity index is 2.87. The zero-order valence-corrected chi connectivity index (χ0v) is 14.9. The van der Waals surface area contributed by atoms with Crippen molar-refractivity contribution in [2.75, 3.05) is 13.2 Å². The van der Waals surface area contributed by atoms with Gasteiger partial charge in [0.25, 0.3) is 0 Å². The van der Waals surface area contributed by atoms with Crippen molar-refractivity contribution in [3.05, 3.63) is 29.3 Å². The molecule has 0 heterocycles. The molecule has 0 saturated carbocycles. The van der Waals surface area contributed by atoms with Crippen molar-refractivity contribution in [3.8, 4) is 5.75 Å². The lowest BCUT2D eigenvalue weighted by atomic mass is 9.85. The zero-order chi connectivity index (χ0) is 16.0. The van der Waals surface area contributed by atoms with Crippen molar-refractivity contribution in [2.45, 2.75) is 66.3 Å². The van der Waals surface area contributed by atoms with Gasteiger partial charge < -0.3 is 10.1 Å². The Morgan fingerprint density at radius 3 is 2.38 bits per heavy atom. The maximum atomic E-state index is 6.19. The van der Waals surface area contributed by atoms with E-state index in [9.17, 15) is 0 Å². The van der Waals surface area contributed by atoms with Gasteiger partial charge >= 0.3 is 0 Å². The lowest BCUT2D eigenvalue weighted by Gasteiger charge is -2.27. The number of aryl methyl sites for hydroxylation is 1. The van der Waals surface area contributed by atoms with Gasteiger partial charge in [0.15, 0.2) is 0 Å². The molecule has 2 nitrogen and oxygen atoms in total. The number of rotatable bonds is 7. The van der Waals surface area contributed by atoms with Gasteiger partial charge in [0.1, 0.15) is 12.4 Å². The Morgan fingerprint density at radius 1 is 1.19 bits per heavy atom. The highest BCUT2D eigenvalue weighted by Crippen LogP contribution is 2.32. The third-order valence-corrected chi connectivity index (χ3v) is 4.16. The summed E-state index contributed by atoms with van der Waals surface area (Å²) in [4.78, 5) is 0. The van der Waals surface area contributed by atoms with Crippen molar-refractivity contribution in [1.82, 2.24) is 5.32 Å². The largest absolute Gasteiger partial charge is 0.492 e. The van der Waals surface area contributed by atoms with Crippen molar-refractivity contribution in [1.29, 1.82) is 0 Å². The summed E-state index contributed by atoms with van der Waals surface area (Å²) in [6.45, 7) is 17.3. The first-order valence-corrected chi connectivity index (χ1v) is 8.26. The predicted molar refractivity (Wildman–Crippen MR) is 92.3 cm³/mol. The molecular formula is C19H33NO. The van der Waals surface area contributed by atoms with Crippen LogP contribution >= 0.6 is 0 Å². The van der Waals surface area contributed by atoms with Gasteiger partial charge in [0.05, 0.1) is 0 Å². The van der Waals surface area contributed by atoms with E-state index < -0.39 is 0 Å². The fraction of sp³-hybridized carbons (Fsp3) is 0.684. The van der Waals surface area contributed by atoms with E-state index in [1.807, 2.05) is 0 Å². The number of hydrogen-bond donors (Lipinski definition) is 1. The van der Waals surface area contributed by atoms with Crippen LogP contribution in [0.3, 0.4) is 0 Å². The van der Waals surface area contributed by atoms with Crippen LogP contribution < -0.4 is 10.1 Å². The van der Waals surface area contributed by atoms with Crippen molar-refractivity contribution < 1.29 is 4.74 Å². The SMILES string of the molecule is CCNC(COc1ccc(C)cc1C(C)(C)C)C(C)CC. The van der Waals surface area contributed by atoms with Gasteiger partial charge in [-0.05, 0) is 36.4 Å². The molecule has 2 atom stereocenters. The molecule has 1 aromatic carbocycles. The molecule has 0 amide bonds. The van der Waals surface area contributed by atoms with Crippen LogP contribution in [-0.4, -0.2) is 19.2 Å². The quantitative estimate of drug-likeness (QED) is 0.786. The maximum absolute atomic E-state index is 6.19. The molecule has 0 bridgehead atoms. The van der Waals surface area contributed by atoms with Crippen LogP contribution in [0.2, 0.25) is 0 Å². The fourth-order valence-corrected chi connectivity index (χ4v) is 2.51. The summed E-state index contributed by atoms with van der Waals surface area (Å²) in [5, 5.41) is 3.55. The van der Waals surface area contributed by atoms with E-state index >= 15 is 0 Å². The molecule has 0 spiro atoms. The molecule has 0 aromatic heterocycles. The van der Waals surface area contributed by atoms with Crippen LogP contribution in [0.15, 0.2) is 18.2 Å². The second-order valence-corrected chi connectivity index (χ2v) is 7.11. The van der Waals surface area contributed by atoms with Gasteiger partial charge in [-0.3, -0.25) is 0 Å². The Labute approximate surface area is 131 Å². The lowest BCUT2D eigenvalue weighted by molar-refractivity contribution is 0.219. The normalized spacial score (nSPS) is 14.8. The molecule has 2 heteroatoms. The van der Waals surface area contributed by atoms with Crippen LogP contribution in [0.25, 0.3) is 0 Å². The van der Waals surface area contributed by atoms with Gasteiger partial charge in [-0.25, -0.2) is 0 Å². The highest BCUT2D eigenvalue weighted by Gasteiger charge is 2.21. The topological polar surface area (TPSA) is 21.3 Å². The summed E-state index contributed by atoms with van der Waals surface area (Å²) < 4.78 is 6.19. The van der Waals surface area contributed by atoms with E-state index in [1.54, 1.807) is 0 Å². The molecule has 1 rings (SSSR count). The fourth-order valence-electron chi connectivity index (χ4n) is 2.51. The molecular weight excluding hydrogens is 258 g/mol. The van der Waals surface area contributed by atoms with Gasteiger partial charge in [0, 0.05) is 6.04 Å². The van der Waals surface area contributed by atoms with E-state index in [0.29, 0.717) is 12.0 Å². The Hall–Kier alpha value is -1.02. The Kier molecular flexibility index (Phi) is 6.73. The average molecular weight is 291 g/mol. The molecule has 0 saturated heterocycles. The molecule has 1 N–H and O–H groups in total. The van der Waals surface area contributed by atoms with E-state index in [2.05, 4.69) is 72.0 Å². The summed E-state index contributed by atoms with van der Waals surface area (Å²) in [5.41, 5.74) is 2.69. The molecule has 0 aliphatic heterocycles. The summed E-state index contributed by atoms with van der Waals surface area (Å²) in [7, 11) is 0. The van der Waals surface area contributed by atoms with E-state index in [-0.39, 0.29) is 5.41 Å². The minimum absolute atomic E-state index is 0.103. The average Bonchev–Trinajstić information content (AvgIpc) is 2.42. The van der Waals surface area contributed by atoms with E-state index in [0.717, 1.165) is 18.9 Å². The number of likely N-dealkylation sites (N-methyl/N-ethyl adjacent to an activating group) is 1. The van der Waals surface area contributed by atoms with Gasteiger partial charge in [-0.2, -0.15) is 0 Å². The first-order chi connectivity index (χ1) is 9.79. The lowest BCUT2D eigenvalue weighted by Crippen LogP contribution is -2.39. The minimum atomic E-state index is 0.103. The first-order valence-electron chi connectivity index (χ1n) is 8.26. The molecule has 0 fully saturated rings. The summed E-state index contributed by atoms with van der Waals surface area (Å²) in [6, 6.07) is 6.92. The number of benzene rings is 1. The van der Waals surface area contributed by atoms with Crippen LogP contribution in [0.5, 0.6) is 5.75 Å². The van der Waals surface area contributed by atoms with Crippen LogP contribution in [0.4, 0.5) is 0 Å². The van der Waals surface area contributed by atoms with Crippen molar-refractivity contribution >= 4 is 0 Å². The molecule has 2 unspecified atom stereocenters. The van der Waals surface area contributed by atoms with Crippen LogP contribution in [-0.2, 0) is 5.41 Å². The third-order valence-electron chi connectivity index (χ3n) is 4.16. The van der Waals surface area contributed by atoms with E-state index in [1.165, 1.54) is 17.5 Å². The first kappa shape index (κ1) is 18.0.